The third-order valence-corrected chi connectivity index (χ3v) is 2.21. The molecule has 1 fully saturated rings. The van der Waals surface area contributed by atoms with Gasteiger partial charge in [-0.15, -0.1) is 0 Å². The molecule has 0 aromatic carbocycles. The molecule has 5 N–H and O–H groups in total. The van der Waals surface area contributed by atoms with Gasteiger partial charge >= 0.3 is 5.97 Å². The van der Waals surface area contributed by atoms with E-state index >= 15 is 0 Å². The van der Waals surface area contributed by atoms with Gasteiger partial charge in [-0.2, -0.15) is 0 Å². The SMILES string of the molecule is NC[C@@]1(O)CC[C@@H](C(=O)O)NC1=O. The van der Waals surface area contributed by atoms with Crippen LogP contribution in [0.2, 0.25) is 0 Å². The molecule has 0 bridgehead atoms. The van der Waals surface area contributed by atoms with E-state index in [1.54, 1.807) is 0 Å². The van der Waals surface area contributed by atoms with Crippen LogP contribution in [0.3, 0.4) is 0 Å². The summed E-state index contributed by atoms with van der Waals surface area (Å²) in [6.07, 6.45) is 0.293. The van der Waals surface area contributed by atoms with Crippen molar-refractivity contribution in [2.24, 2.45) is 5.73 Å². The summed E-state index contributed by atoms with van der Waals surface area (Å²) in [6.45, 7) is -0.189. The molecule has 0 aliphatic carbocycles. The predicted molar refractivity (Wildman–Crippen MR) is 42.8 cm³/mol. The van der Waals surface area contributed by atoms with Crippen LogP contribution < -0.4 is 11.1 Å². The summed E-state index contributed by atoms with van der Waals surface area (Å²) in [6, 6.07) is -0.903. The summed E-state index contributed by atoms with van der Waals surface area (Å²) in [5.74, 6) is -1.79. The summed E-state index contributed by atoms with van der Waals surface area (Å²) >= 11 is 0. The Balaban J connectivity index is 2.67. The molecule has 6 heteroatoms. The quantitative estimate of drug-likeness (QED) is 0.402. The topological polar surface area (TPSA) is 113 Å². The van der Waals surface area contributed by atoms with E-state index in [9.17, 15) is 14.7 Å². The van der Waals surface area contributed by atoms with E-state index < -0.39 is 23.5 Å². The van der Waals surface area contributed by atoms with Crippen LogP contribution in [0.25, 0.3) is 0 Å². The second-order valence-corrected chi connectivity index (χ2v) is 3.14. The number of carboxylic acids is 1. The number of nitrogens with two attached hydrogens (primary N) is 1. The zero-order chi connectivity index (χ0) is 10.1. The van der Waals surface area contributed by atoms with Gasteiger partial charge in [-0.25, -0.2) is 4.79 Å². The number of nitrogens with one attached hydrogen (secondary N) is 1. The number of amides is 1. The molecule has 0 aromatic rings. The van der Waals surface area contributed by atoms with E-state index in [-0.39, 0.29) is 19.4 Å². The van der Waals surface area contributed by atoms with Gasteiger partial charge < -0.3 is 21.3 Å². The summed E-state index contributed by atoms with van der Waals surface area (Å²) in [4.78, 5) is 21.6. The lowest BCUT2D eigenvalue weighted by molar-refractivity contribution is -0.152. The van der Waals surface area contributed by atoms with Crippen molar-refractivity contribution in [2.75, 3.05) is 6.54 Å². The van der Waals surface area contributed by atoms with E-state index in [0.29, 0.717) is 0 Å². The largest absolute Gasteiger partial charge is 0.480 e. The van der Waals surface area contributed by atoms with Crippen LogP contribution in [-0.2, 0) is 9.59 Å². The maximum absolute atomic E-state index is 11.2. The van der Waals surface area contributed by atoms with Crippen LogP contribution in [0.4, 0.5) is 0 Å². The monoisotopic (exact) mass is 188 g/mol. The lowest BCUT2D eigenvalue weighted by atomic mass is 9.89. The Morgan fingerprint density at radius 3 is 2.77 bits per heavy atom. The molecule has 0 spiro atoms. The third-order valence-electron chi connectivity index (χ3n) is 2.21. The van der Waals surface area contributed by atoms with Gasteiger partial charge in [0.25, 0.3) is 5.91 Å². The van der Waals surface area contributed by atoms with Crippen molar-refractivity contribution in [3.63, 3.8) is 0 Å². The van der Waals surface area contributed by atoms with Crippen LogP contribution in [0.15, 0.2) is 0 Å². The highest BCUT2D eigenvalue weighted by Crippen LogP contribution is 2.19. The van der Waals surface area contributed by atoms with Crippen molar-refractivity contribution in [1.82, 2.24) is 5.32 Å². The number of aliphatic carboxylic acids is 1. The van der Waals surface area contributed by atoms with Crippen LogP contribution in [-0.4, -0.2) is 40.3 Å². The van der Waals surface area contributed by atoms with Crippen molar-refractivity contribution in [2.45, 2.75) is 24.5 Å². The van der Waals surface area contributed by atoms with Crippen LogP contribution in [0.5, 0.6) is 0 Å². The molecule has 1 saturated heterocycles. The van der Waals surface area contributed by atoms with Crippen molar-refractivity contribution >= 4 is 11.9 Å². The minimum absolute atomic E-state index is 0.0896. The van der Waals surface area contributed by atoms with Crippen LogP contribution in [0.1, 0.15) is 12.8 Å². The fourth-order valence-corrected chi connectivity index (χ4v) is 1.24. The van der Waals surface area contributed by atoms with Gasteiger partial charge in [0.1, 0.15) is 6.04 Å². The number of carboxylic acid groups (broad SMARTS) is 1. The molecule has 0 saturated carbocycles. The first kappa shape index (κ1) is 9.94. The molecule has 74 valence electrons. The van der Waals surface area contributed by atoms with Gasteiger partial charge in [-0.05, 0) is 12.8 Å². The molecule has 1 aliphatic heterocycles. The Morgan fingerprint density at radius 1 is 1.77 bits per heavy atom. The normalized spacial score (nSPS) is 34.0. The average Bonchev–Trinajstić information content (AvgIpc) is 2.09. The Kier molecular flexibility index (Phi) is 2.53. The Labute approximate surface area is 74.7 Å². The number of piperidine rings is 1. The molecule has 1 rings (SSSR count). The summed E-state index contributed by atoms with van der Waals surface area (Å²) in [5, 5.41) is 20.3. The van der Waals surface area contributed by atoms with E-state index in [1.165, 1.54) is 0 Å². The maximum atomic E-state index is 11.2. The predicted octanol–water partition coefficient (Wildman–Crippen LogP) is -1.96. The zero-order valence-electron chi connectivity index (χ0n) is 6.99. The molecule has 1 heterocycles. The van der Waals surface area contributed by atoms with Gasteiger partial charge in [0.15, 0.2) is 5.60 Å². The molecule has 0 aromatic heterocycles. The highest BCUT2D eigenvalue weighted by atomic mass is 16.4. The second kappa shape index (κ2) is 3.31. The highest BCUT2D eigenvalue weighted by molar-refractivity contribution is 5.90. The zero-order valence-corrected chi connectivity index (χ0v) is 6.99. The molecular weight excluding hydrogens is 176 g/mol. The number of carbonyl (C=O) groups is 2. The Hall–Kier alpha value is -1.14. The van der Waals surface area contributed by atoms with Crippen LogP contribution in [0, 0.1) is 0 Å². The first-order valence-electron chi connectivity index (χ1n) is 3.96. The number of rotatable bonds is 2. The highest BCUT2D eigenvalue weighted by Gasteiger charge is 2.41. The molecule has 1 aliphatic rings. The summed E-state index contributed by atoms with van der Waals surface area (Å²) < 4.78 is 0. The van der Waals surface area contributed by atoms with E-state index in [4.69, 9.17) is 10.8 Å². The van der Waals surface area contributed by atoms with E-state index in [2.05, 4.69) is 5.32 Å². The van der Waals surface area contributed by atoms with Gasteiger partial charge in [-0.1, -0.05) is 0 Å². The smallest absolute Gasteiger partial charge is 0.326 e. The number of hydrogen-bond acceptors (Lipinski definition) is 4. The van der Waals surface area contributed by atoms with Crippen molar-refractivity contribution in [3.05, 3.63) is 0 Å². The molecule has 0 unspecified atom stereocenters. The number of aliphatic hydroxyl groups is 1. The van der Waals surface area contributed by atoms with Crippen molar-refractivity contribution in [3.8, 4) is 0 Å². The first-order chi connectivity index (χ1) is 5.99. The molecule has 0 radical (unpaired) electrons. The van der Waals surface area contributed by atoms with Crippen LogP contribution >= 0.6 is 0 Å². The fraction of sp³-hybridized carbons (Fsp3) is 0.714. The van der Waals surface area contributed by atoms with Crippen molar-refractivity contribution < 1.29 is 19.8 Å². The Morgan fingerprint density at radius 2 is 2.38 bits per heavy atom. The van der Waals surface area contributed by atoms with Crippen molar-refractivity contribution in [1.29, 1.82) is 0 Å². The van der Waals surface area contributed by atoms with Gasteiger partial charge in [0.2, 0.25) is 0 Å². The molecule has 6 nitrogen and oxygen atoms in total. The van der Waals surface area contributed by atoms with E-state index in [1.807, 2.05) is 0 Å². The van der Waals surface area contributed by atoms with Gasteiger partial charge in [0, 0.05) is 6.54 Å². The second-order valence-electron chi connectivity index (χ2n) is 3.14. The minimum atomic E-state index is -1.59. The average molecular weight is 188 g/mol. The number of hydrogen-bond donors (Lipinski definition) is 4. The number of carbonyl (C=O) groups excluding carboxylic acids is 1. The van der Waals surface area contributed by atoms with E-state index in [0.717, 1.165) is 0 Å². The maximum Gasteiger partial charge on any atom is 0.326 e. The third kappa shape index (κ3) is 1.78. The lowest BCUT2D eigenvalue weighted by Gasteiger charge is -2.32. The Bertz CT molecular complexity index is 243. The molecule has 2 atom stereocenters. The summed E-state index contributed by atoms with van der Waals surface area (Å²) in [7, 11) is 0. The molecular formula is C7H12N2O4. The molecule has 1 amide bonds. The lowest BCUT2D eigenvalue weighted by Crippen LogP contribution is -2.60. The standard InChI is InChI=1S/C7H12N2O4/c8-3-7(13)2-1-4(5(10)11)9-6(7)12/h4,13H,1-3,8H2,(H,9,12)(H,10,11)/t4-,7-/m0/s1. The summed E-state index contributed by atoms with van der Waals surface area (Å²) in [5.41, 5.74) is 3.60. The minimum Gasteiger partial charge on any atom is -0.480 e. The van der Waals surface area contributed by atoms with Gasteiger partial charge in [-0.3, -0.25) is 4.79 Å². The first-order valence-corrected chi connectivity index (χ1v) is 3.96. The molecule has 13 heavy (non-hydrogen) atoms. The van der Waals surface area contributed by atoms with Gasteiger partial charge in [0.05, 0.1) is 0 Å². The fourth-order valence-electron chi connectivity index (χ4n) is 1.24.